The van der Waals surface area contributed by atoms with Crippen LogP contribution < -0.4 is 0 Å². The van der Waals surface area contributed by atoms with E-state index in [-0.39, 0.29) is 0 Å². The molecule has 1 heteroatoms. The van der Waals surface area contributed by atoms with Gasteiger partial charge in [-0.15, -0.1) is 0 Å². The maximum Gasteiger partial charge on any atom is 0.119 e. The van der Waals surface area contributed by atoms with Gasteiger partial charge >= 0.3 is 0 Å². The van der Waals surface area contributed by atoms with Crippen molar-refractivity contribution in [3.05, 3.63) is 65.2 Å². The van der Waals surface area contributed by atoms with Gasteiger partial charge in [0.25, 0.3) is 0 Å². The summed E-state index contributed by atoms with van der Waals surface area (Å²) in [5, 5.41) is 10.3. The Labute approximate surface area is 121 Å². The summed E-state index contributed by atoms with van der Waals surface area (Å²) in [7, 11) is 0. The van der Waals surface area contributed by atoms with Gasteiger partial charge in [-0.1, -0.05) is 61.7 Å². The molecule has 2 aromatic carbocycles. The van der Waals surface area contributed by atoms with Crippen LogP contribution in [0, 0.1) is 0 Å². The lowest BCUT2D eigenvalue weighted by atomic mass is 9.81. The predicted octanol–water partition coefficient (Wildman–Crippen LogP) is 5.03. The van der Waals surface area contributed by atoms with Gasteiger partial charge in [0.15, 0.2) is 0 Å². The summed E-state index contributed by atoms with van der Waals surface area (Å²) in [6.45, 7) is 0. The van der Waals surface area contributed by atoms with Crippen molar-refractivity contribution in [2.45, 2.75) is 44.4 Å². The molecule has 0 amide bonds. The highest BCUT2D eigenvalue weighted by molar-refractivity contribution is 5.44. The van der Waals surface area contributed by atoms with Gasteiger partial charge in [0.05, 0.1) is 0 Å². The quantitative estimate of drug-likeness (QED) is 0.826. The van der Waals surface area contributed by atoms with Crippen molar-refractivity contribution in [1.29, 1.82) is 0 Å². The standard InChI is InChI=1S/C19H22O/c20-19-13-7-12-17(16-10-5-2-6-11-16)18(19)14-15-8-3-1-4-9-15/h1,3-4,7-9,12-13,16,20H,2,5-6,10-11,14H2. The minimum Gasteiger partial charge on any atom is -0.508 e. The zero-order chi connectivity index (χ0) is 13.8. The summed E-state index contributed by atoms with van der Waals surface area (Å²) in [4.78, 5) is 0. The first-order chi connectivity index (χ1) is 9.84. The fourth-order valence-electron chi connectivity index (χ4n) is 3.38. The summed E-state index contributed by atoms with van der Waals surface area (Å²) in [5.41, 5.74) is 3.77. The van der Waals surface area contributed by atoms with Gasteiger partial charge in [-0.3, -0.25) is 0 Å². The monoisotopic (exact) mass is 266 g/mol. The number of rotatable bonds is 3. The van der Waals surface area contributed by atoms with Crippen LogP contribution in [0.25, 0.3) is 0 Å². The van der Waals surface area contributed by atoms with Crippen molar-refractivity contribution >= 4 is 0 Å². The summed E-state index contributed by atoms with van der Waals surface area (Å²) < 4.78 is 0. The van der Waals surface area contributed by atoms with Crippen LogP contribution in [-0.2, 0) is 6.42 Å². The van der Waals surface area contributed by atoms with E-state index < -0.39 is 0 Å². The van der Waals surface area contributed by atoms with Gasteiger partial charge in [-0.25, -0.2) is 0 Å². The van der Waals surface area contributed by atoms with Crippen LogP contribution in [0.15, 0.2) is 48.5 Å². The number of phenols is 1. The molecule has 3 rings (SSSR count). The second kappa shape index (κ2) is 6.13. The average molecular weight is 266 g/mol. The highest BCUT2D eigenvalue weighted by Crippen LogP contribution is 2.37. The molecule has 104 valence electrons. The van der Waals surface area contributed by atoms with E-state index in [0.717, 1.165) is 12.0 Å². The predicted molar refractivity (Wildman–Crippen MR) is 83.2 cm³/mol. The van der Waals surface area contributed by atoms with Crippen molar-refractivity contribution in [3.63, 3.8) is 0 Å². The first kappa shape index (κ1) is 13.2. The molecular weight excluding hydrogens is 244 g/mol. The van der Waals surface area contributed by atoms with Crippen LogP contribution in [0.3, 0.4) is 0 Å². The van der Waals surface area contributed by atoms with Crippen LogP contribution >= 0.6 is 0 Å². The molecule has 2 aromatic rings. The van der Waals surface area contributed by atoms with Crippen LogP contribution in [0.5, 0.6) is 5.75 Å². The zero-order valence-corrected chi connectivity index (χ0v) is 11.9. The van der Waals surface area contributed by atoms with Gasteiger partial charge < -0.3 is 5.11 Å². The maximum atomic E-state index is 10.3. The molecule has 0 heterocycles. The molecular formula is C19H22O. The molecule has 1 aliphatic rings. The minimum absolute atomic E-state index is 0.455. The third-order valence-electron chi connectivity index (χ3n) is 4.46. The number of hydrogen-bond donors (Lipinski definition) is 1. The Kier molecular flexibility index (Phi) is 4.05. The lowest BCUT2D eigenvalue weighted by molar-refractivity contribution is 0.434. The maximum absolute atomic E-state index is 10.3. The Bertz CT molecular complexity index is 553. The normalized spacial score (nSPS) is 16.2. The number of phenolic OH excluding ortho intramolecular Hbond substituents is 1. The molecule has 0 radical (unpaired) electrons. The highest BCUT2D eigenvalue weighted by atomic mass is 16.3. The molecule has 0 bridgehead atoms. The van der Waals surface area contributed by atoms with Crippen molar-refractivity contribution < 1.29 is 5.11 Å². The molecule has 1 fully saturated rings. The fourth-order valence-corrected chi connectivity index (χ4v) is 3.38. The SMILES string of the molecule is Oc1cccc(C2CCCCC2)c1Cc1ccccc1. The second-order valence-electron chi connectivity index (χ2n) is 5.84. The lowest BCUT2D eigenvalue weighted by Gasteiger charge is -2.25. The summed E-state index contributed by atoms with van der Waals surface area (Å²) >= 11 is 0. The Morgan fingerprint density at radius 2 is 1.60 bits per heavy atom. The fraction of sp³-hybridized carbons (Fsp3) is 0.368. The topological polar surface area (TPSA) is 20.2 Å². The average Bonchev–Trinajstić information content (AvgIpc) is 2.51. The van der Waals surface area contributed by atoms with Crippen molar-refractivity contribution in [2.75, 3.05) is 0 Å². The smallest absolute Gasteiger partial charge is 0.119 e. The van der Waals surface area contributed by atoms with Crippen LogP contribution in [-0.4, -0.2) is 5.11 Å². The molecule has 1 aliphatic carbocycles. The third kappa shape index (κ3) is 2.87. The van der Waals surface area contributed by atoms with Crippen LogP contribution in [0.2, 0.25) is 0 Å². The molecule has 1 saturated carbocycles. The minimum atomic E-state index is 0.455. The summed E-state index contributed by atoms with van der Waals surface area (Å²) in [6.07, 6.45) is 7.38. The molecule has 0 unspecified atom stereocenters. The van der Waals surface area contributed by atoms with Gasteiger partial charge in [0, 0.05) is 12.0 Å². The van der Waals surface area contributed by atoms with E-state index in [2.05, 4.69) is 30.3 Å². The van der Waals surface area contributed by atoms with E-state index in [4.69, 9.17) is 0 Å². The zero-order valence-electron chi connectivity index (χ0n) is 11.9. The van der Waals surface area contributed by atoms with E-state index in [1.807, 2.05) is 18.2 Å². The number of hydrogen-bond acceptors (Lipinski definition) is 1. The van der Waals surface area contributed by atoms with Gasteiger partial charge in [0.2, 0.25) is 0 Å². The first-order valence-corrected chi connectivity index (χ1v) is 7.69. The Balaban J connectivity index is 1.92. The van der Waals surface area contributed by atoms with Crippen LogP contribution in [0.4, 0.5) is 0 Å². The molecule has 0 atom stereocenters. The first-order valence-electron chi connectivity index (χ1n) is 7.69. The lowest BCUT2D eigenvalue weighted by Crippen LogP contribution is -2.08. The highest BCUT2D eigenvalue weighted by Gasteiger charge is 2.20. The second-order valence-corrected chi connectivity index (χ2v) is 5.84. The third-order valence-corrected chi connectivity index (χ3v) is 4.46. The molecule has 1 N–H and O–H groups in total. The Morgan fingerprint density at radius 1 is 0.850 bits per heavy atom. The van der Waals surface area contributed by atoms with Crippen molar-refractivity contribution in [2.24, 2.45) is 0 Å². The molecule has 1 nitrogen and oxygen atoms in total. The summed E-state index contributed by atoms with van der Waals surface area (Å²) in [6, 6.07) is 16.5. The number of aromatic hydroxyl groups is 1. The van der Waals surface area contributed by atoms with E-state index in [1.165, 1.54) is 43.2 Å². The van der Waals surface area contributed by atoms with Gasteiger partial charge in [-0.05, 0) is 36.0 Å². The van der Waals surface area contributed by atoms with Gasteiger partial charge in [0.1, 0.15) is 5.75 Å². The molecule has 0 aromatic heterocycles. The molecule has 20 heavy (non-hydrogen) atoms. The Morgan fingerprint density at radius 3 is 2.35 bits per heavy atom. The van der Waals surface area contributed by atoms with E-state index in [0.29, 0.717) is 11.7 Å². The molecule has 0 aliphatic heterocycles. The van der Waals surface area contributed by atoms with E-state index >= 15 is 0 Å². The Hall–Kier alpha value is -1.76. The van der Waals surface area contributed by atoms with Gasteiger partial charge in [-0.2, -0.15) is 0 Å². The summed E-state index contributed by atoms with van der Waals surface area (Å²) in [5.74, 6) is 1.09. The number of benzene rings is 2. The molecule has 0 spiro atoms. The van der Waals surface area contributed by atoms with E-state index in [9.17, 15) is 5.11 Å². The van der Waals surface area contributed by atoms with Crippen molar-refractivity contribution in [3.8, 4) is 5.75 Å². The van der Waals surface area contributed by atoms with Crippen LogP contribution in [0.1, 0.15) is 54.7 Å². The van der Waals surface area contributed by atoms with E-state index in [1.54, 1.807) is 0 Å². The van der Waals surface area contributed by atoms with Crippen molar-refractivity contribution in [1.82, 2.24) is 0 Å². The molecule has 0 saturated heterocycles. The largest absolute Gasteiger partial charge is 0.508 e.